The van der Waals surface area contributed by atoms with E-state index in [1.807, 2.05) is 29.2 Å². The summed E-state index contributed by atoms with van der Waals surface area (Å²) in [5.41, 5.74) is 0.813. The first-order valence-electron chi connectivity index (χ1n) is 17.1. The number of carbonyl (C=O) groups excluding carboxylic acids is 3. The van der Waals surface area contributed by atoms with Crippen molar-refractivity contribution in [2.24, 2.45) is 0 Å². The number of hydrogen-bond donors (Lipinski definition) is 0. The number of amides is 3. The van der Waals surface area contributed by atoms with E-state index in [1.54, 1.807) is 6.92 Å². The highest BCUT2D eigenvalue weighted by Gasteiger charge is 2.29. The Hall–Kier alpha value is -3.89. The topological polar surface area (TPSA) is 159 Å². The Morgan fingerprint density at radius 1 is 0.776 bits per heavy atom. The molecule has 4 rings (SSSR count). The Labute approximate surface area is 287 Å². The number of hydrogen-bond acceptors (Lipinski definition) is 13. The lowest BCUT2D eigenvalue weighted by molar-refractivity contribution is -0.138. The molecule has 268 valence electrons. The van der Waals surface area contributed by atoms with E-state index in [9.17, 15) is 14.4 Å². The molecule has 3 heterocycles. The Bertz CT molecular complexity index is 1310. The van der Waals surface area contributed by atoms with Crippen molar-refractivity contribution in [1.82, 2.24) is 35.1 Å². The van der Waals surface area contributed by atoms with Crippen molar-refractivity contribution < 1.29 is 38.1 Å². The van der Waals surface area contributed by atoms with Gasteiger partial charge in [-0.2, -0.15) is 0 Å². The fourth-order valence-corrected chi connectivity index (χ4v) is 5.50. The van der Waals surface area contributed by atoms with Crippen LogP contribution in [0, 0.1) is 6.92 Å². The van der Waals surface area contributed by atoms with Crippen molar-refractivity contribution in [2.75, 3.05) is 92.2 Å². The minimum atomic E-state index is -0.239. The van der Waals surface area contributed by atoms with Crippen molar-refractivity contribution in [1.29, 1.82) is 0 Å². The molecule has 1 saturated heterocycles. The molecule has 0 bridgehead atoms. The second-order valence-electron chi connectivity index (χ2n) is 11.7. The van der Waals surface area contributed by atoms with Crippen molar-refractivity contribution in [3.63, 3.8) is 0 Å². The van der Waals surface area contributed by atoms with Crippen LogP contribution >= 0.6 is 0 Å². The molecule has 0 saturated carbocycles. The van der Waals surface area contributed by atoms with Crippen molar-refractivity contribution in [3.8, 4) is 17.1 Å². The number of benzene rings is 1. The zero-order chi connectivity index (χ0) is 34.7. The van der Waals surface area contributed by atoms with Gasteiger partial charge in [-0.15, -0.1) is 20.4 Å². The quantitative estimate of drug-likeness (QED) is 0.123. The van der Waals surface area contributed by atoms with Crippen LogP contribution in [0.25, 0.3) is 11.4 Å². The summed E-state index contributed by atoms with van der Waals surface area (Å²) in [6.45, 7) is 11.1. The van der Waals surface area contributed by atoms with Gasteiger partial charge in [0.25, 0.3) is 11.8 Å². The second kappa shape index (κ2) is 21.3. The molecule has 2 aliphatic rings. The molecule has 3 amide bonds. The zero-order valence-electron chi connectivity index (χ0n) is 28.7. The molecular formula is C34H49N7O8. The number of rotatable bonds is 23. The zero-order valence-corrected chi connectivity index (χ0v) is 28.7. The summed E-state index contributed by atoms with van der Waals surface area (Å²) in [6.07, 6.45) is 5.72. The maximum atomic E-state index is 12.8. The number of aryl methyl sites for hydroxylation is 1. The maximum Gasteiger partial charge on any atom is 0.253 e. The molecule has 1 unspecified atom stereocenters. The molecule has 1 fully saturated rings. The molecule has 49 heavy (non-hydrogen) atoms. The molecule has 1 atom stereocenters. The van der Waals surface area contributed by atoms with Gasteiger partial charge in [-0.3, -0.25) is 24.2 Å². The van der Waals surface area contributed by atoms with E-state index in [4.69, 9.17) is 23.7 Å². The summed E-state index contributed by atoms with van der Waals surface area (Å²) in [4.78, 5) is 42.0. The highest BCUT2D eigenvalue weighted by molar-refractivity contribution is 6.12. The van der Waals surface area contributed by atoms with Crippen LogP contribution in [0.2, 0.25) is 0 Å². The average molecular weight is 684 g/mol. The predicted molar refractivity (Wildman–Crippen MR) is 179 cm³/mol. The summed E-state index contributed by atoms with van der Waals surface area (Å²) < 4.78 is 28.0. The summed E-state index contributed by atoms with van der Waals surface area (Å²) >= 11 is 0. The molecule has 0 N–H and O–H groups in total. The highest BCUT2D eigenvalue weighted by atomic mass is 16.6. The molecular weight excluding hydrogens is 634 g/mol. The first kappa shape index (κ1) is 37.9. The fourth-order valence-electron chi connectivity index (χ4n) is 5.50. The molecule has 0 aliphatic carbocycles. The van der Waals surface area contributed by atoms with Gasteiger partial charge in [0.2, 0.25) is 11.7 Å². The van der Waals surface area contributed by atoms with Crippen LogP contribution in [0.15, 0.2) is 36.4 Å². The first-order chi connectivity index (χ1) is 23.9. The van der Waals surface area contributed by atoms with Gasteiger partial charge in [0, 0.05) is 56.5 Å². The molecule has 2 aromatic rings. The molecule has 15 nitrogen and oxygen atoms in total. The van der Waals surface area contributed by atoms with Gasteiger partial charge in [-0.05, 0) is 44.0 Å². The average Bonchev–Trinajstić information content (AvgIpc) is 3.43. The van der Waals surface area contributed by atoms with E-state index >= 15 is 0 Å². The van der Waals surface area contributed by atoms with Crippen LogP contribution < -0.4 is 4.74 Å². The molecule has 0 radical (unpaired) electrons. The SMILES string of the molecule is CCCC1CN(C(=O)CCOCCOCCOCCOCCOc2ccc(-c3nnc(C)nn3)cc2)CCN1CCCN1C(=O)C=CC1=O. The first-order valence-corrected chi connectivity index (χ1v) is 17.1. The Morgan fingerprint density at radius 2 is 1.37 bits per heavy atom. The van der Waals surface area contributed by atoms with Crippen LogP contribution in [-0.2, 0) is 33.3 Å². The normalized spacial score (nSPS) is 16.6. The number of aromatic nitrogens is 4. The number of ether oxygens (including phenoxy) is 5. The third kappa shape index (κ3) is 13.2. The maximum absolute atomic E-state index is 12.8. The molecule has 0 spiro atoms. The standard InChI is InChI=1S/C34H49N7O8/c1-3-5-29-26-40(16-15-39(29)13-4-14-41-32(43)10-11-33(41)44)31(42)12-17-45-18-19-46-20-21-47-22-23-48-24-25-49-30-8-6-28(7-9-30)34-37-35-27(2)36-38-34/h6-11,29H,3-5,12-26H2,1-2H3. The minimum Gasteiger partial charge on any atom is -0.491 e. The third-order valence-corrected chi connectivity index (χ3v) is 8.07. The lowest BCUT2D eigenvalue weighted by Crippen LogP contribution is -2.55. The van der Waals surface area contributed by atoms with Gasteiger partial charge in [0.05, 0.1) is 59.3 Å². The van der Waals surface area contributed by atoms with Crippen LogP contribution in [0.1, 0.15) is 38.4 Å². The monoisotopic (exact) mass is 683 g/mol. The van der Waals surface area contributed by atoms with Gasteiger partial charge in [0.1, 0.15) is 12.4 Å². The molecule has 2 aliphatic heterocycles. The van der Waals surface area contributed by atoms with Gasteiger partial charge >= 0.3 is 0 Å². The van der Waals surface area contributed by atoms with Gasteiger partial charge in [0.15, 0.2) is 5.82 Å². The van der Waals surface area contributed by atoms with E-state index in [2.05, 4.69) is 32.2 Å². The smallest absolute Gasteiger partial charge is 0.253 e. The Kier molecular flexibility index (Phi) is 16.4. The number of imide groups is 1. The molecule has 1 aromatic heterocycles. The lowest BCUT2D eigenvalue weighted by Gasteiger charge is -2.41. The van der Waals surface area contributed by atoms with Crippen molar-refractivity contribution in [3.05, 3.63) is 42.2 Å². The molecule has 1 aromatic carbocycles. The number of carbonyl (C=O) groups is 3. The van der Waals surface area contributed by atoms with Gasteiger partial charge < -0.3 is 28.6 Å². The Balaban J connectivity index is 0.933. The summed E-state index contributed by atoms with van der Waals surface area (Å²) in [7, 11) is 0. The van der Waals surface area contributed by atoms with Crippen LogP contribution in [0.5, 0.6) is 5.75 Å². The van der Waals surface area contributed by atoms with E-state index in [1.165, 1.54) is 17.1 Å². The number of nitrogens with zero attached hydrogens (tertiary/aromatic N) is 7. The van der Waals surface area contributed by atoms with Crippen molar-refractivity contribution >= 4 is 17.7 Å². The largest absolute Gasteiger partial charge is 0.491 e. The second-order valence-corrected chi connectivity index (χ2v) is 11.7. The minimum absolute atomic E-state index is 0.0992. The summed E-state index contributed by atoms with van der Waals surface area (Å²) in [6, 6.07) is 7.67. The van der Waals surface area contributed by atoms with Crippen LogP contribution in [-0.4, -0.2) is 151 Å². The van der Waals surface area contributed by atoms with Crippen LogP contribution in [0.4, 0.5) is 0 Å². The van der Waals surface area contributed by atoms with Gasteiger partial charge in [-0.25, -0.2) is 0 Å². The fraction of sp³-hybridized carbons (Fsp3) is 0.618. The summed E-state index contributed by atoms with van der Waals surface area (Å²) in [5, 5.41) is 15.9. The van der Waals surface area contributed by atoms with Gasteiger partial charge in [-0.1, -0.05) is 13.3 Å². The van der Waals surface area contributed by atoms with E-state index in [0.29, 0.717) is 97.2 Å². The summed E-state index contributed by atoms with van der Waals surface area (Å²) in [5.74, 6) is 1.33. The van der Waals surface area contributed by atoms with E-state index < -0.39 is 0 Å². The predicted octanol–water partition coefficient (Wildman–Crippen LogP) is 1.71. The third-order valence-electron chi connectivity index (χ3n) is 8.07. The van der Waals surface area contributed by atoms with E-state index in [0.717, 1.165) is 43.7 Å². The molecule has 15 heteroatoms. The lowest BCUT2D eigenvalue weighted by atomic mass is 10.1. The van der Waals surface area contributed by atoms with Crippen LogP contribution in [0.3, 0.4) is 0 Å². The van der Waals surface area contributed by atoms with Crippen molar-refractivity contribution in [2.45, 2.75) is 45.6 Å². The Morgan fingerprint density at radius 3 is 1.98 bits per heavy atom. The highest BCUT2D eigenvalue weighted by Crippen LogP contribution is 2.19. The number of piperazine rings is 1. The van der Waals surface area contributed by atoms with E-state index in [-0.39, 0.29) is 23.8 Å².